The van der Waals surface area contributed by atoms with Crippen molar-refractivity contribution in [3.8, 4) is 23.0 Å². The Bertz CT molecular complexity index is 781. The van der Waals surface area contributed by atoms with E-state index in [0.717, 1.165) is 16.6 Å². The monoisotopic (exact) mass is 380 g/mol. The number of rotatable bonds is 3. The van der Waals surface area contributed by atoms with E-state index in [4.69, 9.17) is 0 Å². The highest BCUT2D eigenvalue weighted by molar-refractivity contribution is 9.10. The van der Waals surface area contributed by atoms with Crippen molar-refractivity contribution in [2.75, 3.05) is 0 Å². The lowest BCUT2D eigenvalue weighted by molar-refractivity contribution is 0.0954. The van der Waals surface area contributed by atoms with Crippen molar-refractivity contribution >= 4 is 27.5 Å². The van der Waals surface area contributed by atoms with E-state index in [1.807, 2.05) is 0 Å². The highest BCUT2D eigenvalue weighted by Crippen LogP contribution is 2.35. The number of phenolic OH excluding ortho intramolecular Hbond substituents is 4. The number of benzene rings is 2. The van der Waals surface area contributed by atoms with Gasteiger partial charge in [-0.15, -0.1) is 0 Å². The molecule has 0 atom stereocenters. The van der Waals surface area contributed by atoms with Gasteiger partial charge in [0.25, 0.3) is 5.91 Å². The lowest BCUT2D eigenvalue weighted by Crippen LogP contribution is -2.19. The smallest absolute Gasteiger partial charge is 0.271 e. The van der Waals surface area contributed by atoms with Crippen LogP contribution in [0, 0.1) is 0 Å². The average Bonchev–Trinajstić information content (AvgIpc) is 2.51. The van der Waals surface area contributed by atoms with Crippen molar-refractivity contribution in [3.05, 3.63) is 45.9 Å². The summed E-state index contributed by atoms with van der Waals surface area (Å²) in [5.74, 6) is -2.66. The van der Waals surface area contributed by atoms with E-state index in [1.54, 1.807) is 19.1 Å². The van der Waals surface area contributed by atoms with E-state index in [9.17, 15) is 25.2 Å². The number of hydrogen-bond acceptors (Lipinski definition) is 6. The number of hydrazone groups is 1. The van der Waals surface area contributed by atoms with E-state index in [1.165, 1.54) is 6.07 Å². The normalized spacial score (nSPS) is 11.3. The van der Waals surface area contributed by atoms with Crippen LogP contribution in [0.15, 0.2) is 39.9 Å². The number of carbonyl (C=O) groups is 1. The number of carbonyl (C=O) groups excluding carboxylic acids is 1. The van der Waals surface area contributed by atoms with Crippen LogP contribution in [-0.4, -0.2) is 32.0 Å². The zero-order valence-electron chi connectivity index (χ0n) is 11.9. The minimum atomic E-state index is -0.708. The van der Waals surface area contributed by atoms with E-state index < -0.39 is 23.2 Å². The van der Waals surface area contributed by atoms with Crippen LogP contribution in [0.2, 0.25) is 0 Å². The summed E-state index contributed by atoms with van der Waals surface area (Å²) in [6.07, 6.45) is 0. The molecule has 0 bridgehead atoms. The van der Waals surface area contributed by atoms with E-state index in [0.29, 0.717) is 11.3 Å². The number of amides is 1. The van der Waals surface area contributed by atoms with Crippen LogP contribution in [-0.2, 0) is 0 Å². The third kappa shape index (κ3) is 3.72. The van der Waals surface area contributed by atoms with Gasteiger partial charge in [-0.05, 0) is 37.3 Å². The second-order valence-corrected chi connectivity index (χ2v) is 5.58. The third-order valence-electron chi connectivity index (χ3n) is 3.01. The molecule has 0 aliphatic rings. The zero-order chi connectivity index (χ0) is 17.1. The molecule has 2 aromatic rings. The van der Waals surface area contributed by atoms with Gasteiger partial charge in [0.05, 0.1) is 5.71 Å². The molecule has 120 valence electrons. The fraction of sp³-hybridized carbons (Fsp3) is 0.0667. The minimum absolute atomic E-state index is 0.00335. The van der Waals surface area contributed by atoms with Crippen molar-refractivity contribution in [1.82, 2.24) is 5.43 Å². The zero-order valence-corrected chi connectivity index (χ0v) is 13.5. The number of aromatic hydroxyl groups is 4. The van der Waals surface area contributed by atoms with Crippen LogP contribution >= 0.6 is 15.9 Å². The molecule has 0 saturated carbocycles. The van der Waals surface area contributed by atoms with Gasteiger partial charge in [-0.2, -0.15) is 5.10 Å². The van der Waals surface area contributed by atoms with Gasteiger partial charge in [0, 0.05) is 15.6 Å². The van der Waals surface area contributed by atoms with Gasteiger partial charge < -0.3 is 20.4 Å². The maximum atomic E-state index is 12.0. The van der Waals surface area contributed by atoms with Gasteiger partial charge in [-0.25, -0.2) is 5.43 Å². The minimum Gasteiger partial charge on any atom is -0.507 e. The molecule has 0 heterocycles. The summed E-state index contributed by atoms with van der Waals surface area (Å²) in [7, 11) is 0. The second-order valence-electron chi connectivity index (χ2n) is 4.66. The molecule has 2 aromatic carbocycles. The molecule has 7 nitrogen and oxygen atoms in total. The first kappa shape index (κ1) is 16.6. The summed E-state index contributed by atoms with van der Waals surface area (Å²) in [5.41, 5.74) is 2.92. The van der Waals surface area contributed by atoms with Crippen LogP contribution in [0.25, 0.3) is 0 Å². The van der Waals surface area contributed by atoms with Gasteiger partial charge in [-0.3, -0.25) is 4.79 Å². The maximum absolute atomic E-state index is 12.0. The third-order valence-corrected chi connectivity index (χ3v) is 3.50. The lowest BCUT2D eigenvalue weighted by Gasteiger charge is -2.07. The van der Waals surface area contributed by atoms with Crippen LogP contribution in [0.5, 0.6) is 23.0 Å². The number of halogens is 1. The molecule has 0 aliphatic heterocycles. The van der Waals surface area contributed by atoms with Gasteiger partial charge in [0.2, 0.25) is 0 Å². The molecule has 23 heavy (non-hydrogen) atoms. The maximum Gasteiger partial charge on any atom is 0.271 e. The molecule has 0 unspecified atom stereocenters. The number of nitrogens with zero attached hydrogens (tertiary/aromatic N) is 1. The fourth-order valence-electron chi connectivity index (χ4n) is 1.79. The number of phenols is 4. The van der Waals surface area contributed by atoms with Crippen LogP contribution in [0.4, 0.5) is 0 Å². The van der Waals surface area contributed by atoms with Crippen molar-refractivity contribution < 1.29 is 25.2 Å². The van der Waals surface area contributed by atoms with Crippen molar-refractivity contribution in [3.63, 3.8) is 0 Å². The Labute approximate surface area is 139 Å². The first-order valence-corrected chi connectivity index (χ1v) is 7.17. The SMILES string of the molecule is CC(=NNC(=O)c1cc(O)c(O)c(O)c1)c1cc(Br)ccc1O. The van der Waals surface area contributed by atoms with Crippen molar-refractivity contribution in [2.24, 2.45) is 5.10 Å². The first-order valence-electron chi connectivity index (χ1n) is 6.38. The summed E-state index contributed by atoms with van der Waals surface area (Å²) >= 11 is 3.27. The van der Waals surface area contributed by atoms with Crippen molar-refractivity contribution in [1.29, 1.82) is 0 Å². The van der Waals surface area contributed by atoms with Gasteiger partial charge >= 0.3 is 0 Å². The molecule has 0 aromatic heterocycles. The Hall–Kier alpha value is -2.74. The quantitative estimate of drug-likeness (QED) is 0.318. The average molecular weight is 381 g/mol. The van der Waals surface area contributed by atoms with Crippen LogP contribution < -0.4 is 5.43 Å². The lowest BCUT2D eigenvalue weighted by atomic mass is 10.1. The van der Waals surface area contributed by atoms with E-state index in [-0.39, 0.29) is 11.3 Å². The Morgan fingerprint density at radius 1 is 1.04 bits per heavy atom. The molecule has 5 N–H and O–H groups in total. The van der Waals surface area contributed by atoms with Gasteiger partial charge in [0.1, 0.15) is 5.75 Å². The van der Waals surface area contributed by atoms with Gasteiger partial charge in [0.15, 0.2) is 17.2 Å². The molecule has 0 fully saturated rings. The second kappa shape index (κ2) is 6.57. The summed E-state index contributed by atoms with van der Waals surface area (Å²) < 4.78 is 0.736. The summed E-state index contributed by atoms with van der Waals surface area (Å²) in [5, 5.41) is 41.7. The highest BCUT2D eigenvalue weighted by Gasteiger charge is 2.13. The summed E-state index contributed by atoms with van der Waals surface area (Å²) in [6.45, 7) is 1.59. The topological polar surface area (TPSA) is 122 Å². The van der Waals surface area contributed by atoms with Crippen LogP contribution in [0.1, 0.15) is 22.8 Å². The Morgan fingerprint density at radius 3 is 2.26 bits per heavy atom. The predicted octanol–water partition coefficient (Wildman–Crippen LogP) is 2.43. The Morgan fingerprint density at radius 2 is 1.65 bits per heavy atom. The molecular weight excluding hydrogens is 368 g/mol. The molecule has 1 amide bonds. The molecule has 2 rings (SSSR count). The predicted molar refractivity (Wildman–Crippen MR) is 86.9 cm³/mol. The summed E-state index contributed by atoms with van der Waals surface area (Å²) in [6, 6.07) is 6.76. The fourth-order valence-corrected chi connectivity index (χ4v) is 2.15. The Balaban J connectivity index is 2.22. The van der Waals surface area contributed by atoms with Gasteiger partial charge in [-0.1, -0.05) is 15.9 Å². The van der Waals surface area contributed by atoms with Crippen molar-refractivity contribution in [2.45, 2.75) is 6.92 Å². The molecule has 0 aliphatic carbocycles. The van der Waals surface area contributed by atoms with E-state index in [2.05, 4.69) is 26.5 Å². The largest absolute Gasteiger partial charge is 0.507 e. The van der Waals surface area contributed by atoms with Crippen LogP contribution in [0.3, 0.4) is 0 Å². The highest BCUT2D eigenvalue weighted by atomic mass is 79.9. The summed E-state index contributed by atoms with van der Waals surface area (Å²) in [4.78, 5) is 12.0. The Kier molecular flexibility index (Phi) is 4.75. The molecule has 8 heteroatoms. The molecule has 0 spiro atoms. The van der Waals surface area contributed by atoms with E-state index >= 15 is 0 Å². The standard InChI is InChI=1S/C15H13BrN2O5/c1-7(10-6-9(16)2-3-11(10)19)17-18-15(23)8-4-12(20)14(22)13(21)5-8/h2-6,19-22H,1H3,(H,18,23). The molecule has 0 radical (unpaired) electrons. The number of nitrogens with one attached hydrogen (secondary N) is 1. The first-order chi connectivity index (χ1) is 10.8. The molecule has 0 saturated heterocycles. The number of hydrogen-bond donors (Lipinski definition) is 5. The molecular formula is C15H13BrN2O5.